The van der Waals surface area contributed by atoms with Gasteiger partial charge in [-0.25, -0.2) is 4.79 Å². The number of aromatic amines is 1. The van der Waals surface area contributed by atoms with Crippen LogP contribution in [0, 0.1) is 5.92 Å². The van der Waals surface area contributed by atoms with Crippen molar-refractivity contribution in [2.45, 2.75) is 32.8 Å². The molecule has 7 heteroatoms. The van der Waals surface area contributed by atoms with Crippen molar-refractivity contribution in [1.82, 2.24) is 15.2 Å². The predicted octanol–water partition coefficient (Wildman–Crippen LogP) is 3.81. The zero-order valence-corrected chi connectivity index (χ0v) is 16.0. The quantitative estimate of drug-likeness (QED) is 0.854. The normalized spacial score (nSPS) is 17.5. The van der Waals surface area contributed by atoms with Gasteiger partial charge in [-0.15, -0.1) is 0 Å². The summed E-state index contributed by atoms with van der Waals surface area (Å²) in [5.41, 5.74) is 0.878. The van der Waals surface area contributed by atoms with Gasteiger partial charge in [0.25, 0.3) is 5.91 Å². The first-order valence-electron chi connectivity index (χ1n) is 8.76. The predicted molar refractivity (Wildman–Crippen MR) is 102 cm³/mol. The van der Waals surface area contributed by atoms with Gasteiger partial charge < -0.3 is 19.9 Å². The smallest absolute Gasteiger partial charge is 0.410 e. The molecule has 0 radical (unpaired) electrons. The molecular weight excluding hydrogens is 354 g/mol. The number of carbonyl (C=O) groups is 2. The number of ether oxygens (including phenoxy) is 1. The molecule has 0 aliphatic carbocycles. The van der Waals surface area contributed by atoms with E-state index in [1.165, 1.54) is 0 Å². The van der Waals surface area contributed by atoms with Crippen LogP contribution < -0.4 is 5.32 Å². The average Bonchev–Trinajstić information content (AvgIpc) is 3.17. The van der Waals surface area contributed by atoms with E-state index >= 15 is 0 Å². The van der Waals surface area contributed by atoms with Gasteiger partial charge in [-0.1, -0.05) is 11.6 Å². The molecule has 140 valence electrons. The summed E-state index contributed by atoms with van der Waals surface area (Å²) in [4.78, 5) is 29.3. The molecule has 1 aliphatic heterocycles. The van der Waals surface area contributed by atoms with Gasteiger partial charge in [-0.05, 0) is 57.4 Å². The number of rotatable bonds is 3. The highest BCUT2D eigenvalue weighted by atomic mass is 35.5. The van der Waals surface area contributed by atoms with Crippen molar-refractivity contribution in [2.75, 3.05) is 19.6 Å². The highest BCUT2D eigenvalue weighted by Gasteiger charge is 2.30. The van der Waals surface area contributed by atoms with Crippen LogP contribution in [0.15, 0.2) is 24.3 Å². The van der Waals surface area contributed by atoms with Gasteiger partial charge in [-0.2, -0.15) is 0 Å². The minimum Gasteiger partial charge on any atom is -0.444 e. The standard InChI is InChI=1S/C19H24ClN3O3/c1-19(2,3)26-18(25)23-7-6-12(11-23)10-21-17(24)16-9-13-8-14(20)4-5-15(13)22-16/h4-5,8-9,12,22H,6-7,10-11H2,1-3H3,(H,21,24). The average molecular weight is 378 g/mol. The van der Waals surface area contributed by atoms with Gasteiger partial charge in [0.2, 0.25) is 0 Å². The van der Waals surface area contributed by atoms with Crippen LogP contribution >= 0.6 is 11.6 Å². The van der Waals surface area contributed by atoms with Crippen LogP contribution in [-0.4, -0.2) is 47.1 Å². The molecule has 2 aromatic rings. The Morgan fingerprint density at radius 3 is 2.85 bits per heavy atom. The summed E-state index contributed by atoms with van der Waals surface area (Å²) in [6.07, 6.45) is 0.556. The van der Waals surface area contributed by atoms with E-state index in [4.69, 9.17) is 16.3 Å². The minimum absolute atomic E-state index is 0.159. The summed E-state index contributed by atoms with van der Waals surface area (Å²) >= 11 is 5.98. The second-order valence-corrected chi connectivity index (χ2v) is 8.14. The number of benzene rings is 1. The molecule has 3 rings (SSSR count). The Balaban J connectivity index is 1.52. The molecule has 6 nitrogen and oxygen atoms in total. The fourth-order valence-electron chi connectivity index (χ4n) is 3.05. The molecule has 1 aromatic carbocycles. The van der Waals surface area contributed by atoms with Crippen LogP contribution in [0.2, 0.25) is 5.02 Å². The third-order valence-electron chi connectivity index (χ3n) is 4.32. The number of hydrogen-bond donors (Lipinski definition) is 2. The summed E-state index contributed by atoms with van der Waals surface area (Å²) in [5, 5.41) is 4.48. The molecule has 1 unspecified atom stereocenters. The molecule has 1 aromatic heterocycles. The number of nitrogens with zero attached hydrogens (tertiary/aromatic N) is 1. The first-order valence-corrected chi connectivity index (χ1v) is 9.13. The van der Waals surface area contributed by atoms with Crippen molar-refractivity contribution in [1.29, 1.82) is 0 Å². The Hall–Kier alpha value is -2.21. The van der Waals surface area contributed by atoms with Crippen molar-refractivity contribution in [3.8, 4) is 0 Å². The molecule has 2 amide bonds. The lowest BCUT2D eigenvalue weighted by Crippen LogP contribution is -2.36. The molecule has 26 heavy (non-hydrogen) atoms. The van der Waals surface area contributed by atoms with Crippen LogP contribution in [-0.2, 0) is 4.74 Å². The Labute approximate surface area is 157 Å². The number of nitrogens with one attached hydrogen (secondary N) is 2. The van der Waals surface area contributed by atoms with E-state index < -0.39 is 5.60 Å². The third kappa shape index (κ3) is 4.49. The van der Waals surface area contributed by atoms with E-state index in [0.29, 0.717) is 30.4 Å². The summed E-state index contributed by atoms with van der Waals surface area (Å²) in [7, 11) is 0. The molecule has 1 aliphatic rings. The second kappa shape index (κ2) is 7.19. The van der Waals surface area contributed by atoms with Crippen LogP contribution in [0.4, 0.5) is 4.79 Å². The summed E-state index contributed by atoms with van der Waals surface area (Å²) in [6.45, 7) is 7.33. The number of fused-ring (bicyclic) bond motifs is 1. The second-order valence-electron chi connectivity index (χ2n) is 7.71. The molecule has 0 saturated carbocycles. The first-order chi connectivity index (χ1) is 12.2. The van der Waals surface area contributed by atoms with Gasteiger partial charge in [0.15, 0.2) is 0 Å². The van der Waals surface area contributed by atoms with E-state index in [0.717, 1.165) is 17.3 Å². The van der Waals surface area contributed by atoms with Crippen molar-refractivity contribution in [2.24, 2.45) is 5.92 Å². The van der Waals surface area contributed by atoms with E-state index in [1.807, 2.05) is 32.9 Å². The van der Waals surface area contributed by atoms with E-state index in [-0.39, 0.29) is 17.9 Å². The molecule has 1 atom stereocenters. The van der Waals surface area contributed by atoms with Gasteiger partial charge in [0.1, 0.15) is 11.3 Å². The summed E-state index contributed by atoms with van der Waals surface area (Å²) < 4.78 is 5.39. The topological polar surface area (TPSA) is 74.4 Å². The van der Waals surface area contributed by atoms with Crippen molar-refractivity contribution in [3.63, 3.8) is 0 Å². The van der Waals surface area contributed by atoms with Crippen LogP contribution in [0.1, 0.15) is 37.7 Å². The minimum atomic E-state index is -0.498. The number of carbonyl (C=O) groups excluding carboxylic acids is 2. The van der Waals surface area contributed by atoms with Gasteiger partial charge in [-0.3, -0.25) is 4.79 Å². The highest BCUT2D eigenvalue weighted by molar-refractivity contribution is 6.31. The molecule has 0 bridgehead atoms. The molecule has 2 N–H and O–H groups in total. The zero-order valence-electron chi connectivity index (χ0n) is 15.3. The lowest BCUT2D eigenvalue weighted by Gasteiger charge is -2.24. The number of aromatic nitrogens is 1. The fraction of sp³-hybridized carbons (Fsp3) is 0.474. The molecule has 0 spiro atoms. The van der Waals surface area contributed by atoms with Crippen molar-refractivity contribution < 1.29 is 14.3 Å². The SMILES string of the molecule is CC(C)(C)OC(=O)N1CCC(CNC(=O)c2cc3cc(Cl)ccc3[nH]2)C1. The van der Waals surface area contributed by atoms with Crippen LogP contribution in [0.5, 0.6) is 0 Å². The highest BCUT2D eigenvalue weighted by Crippen LogP contribution is 2.21. The van der Waals surface area contributed by atoms with E-state index in [9.17, 15) is 9.59 Å². The Morgan fingerprint density at radius 1 is 1.35 bits per heavy atom. The largest absolute Gasteiger partial charge is 0.444 e. The maximum atomic E-state index is 12.4. The monoisotopic (exact) mass is 377 g/mol. The maximum Gasteiger partial charge on any atom is 0.410 e. The van der Waals surface area contributed by atoms with Gasteiger partial charge in [0.05, 0.1) is 0 Å². The number of hydrogen-bond acceptors (Lipinski definition) is 3. The van der Waals surface area contributed by atoms with Crippen molar-refractivity contribution in [3.05, 3.63) is 35.0 Å². The number of H-pyrrole nitrogens is 1. The lowest BCUT2D eigenvalue weighted by atomic mass is 10.1. The Kier molecular flexibility index (Phi) is 5.14. The summed E-state index contributed by atoms with van der Waals surface area (Å²) in [5.74, 6) is 0.0679. The summed E-state index contributed by atoms with van der Waals surface area (Å²) in [6, 6.07) is 7.24. The van der Waals surface area contributed by atoms with Crippen LogP contribution in [0.25, 0.3) is 10.9 Å². The first kappa shape index (κ1) is 18.6. The molecular formula is C19H24ClN3O3. The third-order valence-corrected chi connectivity index (χ3v) is 4.55. The van der Waals surface area contributed by atoms with Gasteiger partial charge in [0, 0.05) is 35.6 Å². The van der Waals surface area contributed by atoms with E-state index in [2.05, 4.69) is 10.3 Å². The number of amides is 2. The zero-order chi connectivity index (χ0) is 18.9. The number of likely N-dealkylation sites (tertiary alicyclic amines) is 1. The maximum absolute atomic E-state index is 12.4. The number of halogens is 1. The molecule has 1 fully saturated rings. The Bertz CT molecular complexity index is 825. The van der Waals surface area contributed by atoms with E-state index in [1.54, 1.807) is 17.0 Å². The van der Waals surface area contributed by atoms with Gasteiger partial charge >= 0.3 is 6.09 Å². The van der Waals surface area contributed by atoms with Crippen molar-refractivity contribution >= 4 is 34.5 Å². The molecule has 1 saturated heterocycles. The lowest BCUT2D eigenvalue weighted by molar-refractivity contribution is 0.0288. The Morgan fingerprint density at radius 2 is 2.12 bits per heavy atom. The van der Waals surface area contributed by atoms with Crippen LogP contribution in [0.3, 0.4) is 0 Å². The fourth-order valence-corrected chi connectivity index (χ4v) is 3.23. The molecule has 2 heterocycles.